The average molecular weight is 235 g/mol. The van der Waals surface area contributed by atoms with Crippen molar-refractivity contribution in [2.45, 2.75) is 32.3 Å². The Morgan fingerprint density at radius 1 is 1.50 bits per heavy atom. The Morgan fingerprint density at radius 3 is 2.56 bits per heavy atom. The molecule has 0 rings (SSSR count). The second-order valence-corrected chi connectivity index (χ2v) is 4.33. The van der Waals surface area contributed by atoms with Crippen LogP contribution in [0, 0.1) is 0 Å². The molecule has 1 N–H and O–H groups in total. The summed E-state index contributed by atoms with van der Waals surface area (Å²) in [5.41, 5.74) is 0. The predicted molar refractivity (Wildman–Crippen MR) is 59.9 cm³/mol. The molecule has 5 nitrogen and oxygen atoms in total. The molecule has 0 amide bonds. The second-order valence-electron chi connectivity index (χ2n) is 4.33. The van der Waals surface area contributed by atoms with Crippen molar-refractivity contribution in [1.29, 1.82) is 0 Å². The summed E-state index contributed by atoms with van der Waals surface area (Å²) in [6.45, 7) is -0.567. The van der Waals surface area contributed by atoms with Crippen molar-refractivity contribution in [2.75, 3.05) is 27.6 Å². The van der Waals surface area contributed by atoms with Crippen LogP contribution in [0.15, 0.2) is 0 Å². The van der Waals surface area contributed by atoms with Gasteiger partial charge in [0.1, 0.15) is 6.54 Å². The van der Waals surface area contributed by atoms with Gasteiger partial charge in [-0.1, -0.05) is 6.92 Å². The highest BCUT2D eigenvalue weighted by atomic mass is 16.5. The zero-order chi connectivity index (χ0) is 15.3. The summed E-state index contributed by atoms with van der Waals surface area (Å²) in [5, 5.41) is 8.79. The Balaban J connectivity index is 4.77. The number of carbonyl (C=O) groups excluding carboxylic acids is 1. The van der Waals surface area contributed by atoms with E-state index in [1.807, 2.05) is 0 Å². The summed E-state index contributed by atoms with van der Waals surface area (Å²) in [4.78, 5) is 22.2. The lowest BCUT2D eigenvalue weighted by Crippen LogP contribution is -2.43. The van der Waals surface area contributed by atoms with Gasteiger partial charge in [-0.05, 0) is 6.42 Å². The number of aliphatic carboxylic acids is 1. The van der Waals surface area contributed by atoms with Crippen molar-refractivity contribution in [3.63, 3.8) is 0 Å². The highest BCUT2D eigenvalue weighted by molar-refractivity contribution is 5.71. The highest BCUT2D eigenvalue weighted by Gasteiger charge is 2.24. The first kappa shape index (κ1) is 10.1. The third-order valence-electron chi connectivity index (χ3n) is 1.81. The Bertz CT molecular complexity index is 328. The van der Waals surface area contributed by atoms with E-state index in [9.17, 15) is 9.59 Å². The van der Waals surface area contributed by atoms with Crippen LogP contribution in [-0.2, 0) is 14.3 Å². The summed E-state index contributed by atoms with van der Waals surface area (Å²) in [7, 11) is 2.91. The normalized spacial score (nSPS) is 16.8. The van der Waals surface area contributed by atoms with Crippen LogP contribution in [-0.4, -0.2) is 55.2 Å². The largest absolute Gasteiger partial charge is 0.481 e. The van der Waals surface area contributed by atoms with Crippen LogP contribution in [0.2, 0.25) is 0 Å². The van der Waals surface area contributed by atoms with Crippen LogP contribution >= 0.6 is 0 Å². The van der Waals surface area contributed by atoms with Gasteiger partial charge < -0.3 is 14.3 Å². The summed E-state index contributed by atoms with van der Waals surface area (Å²) < 4.78 is 26.8. The van der Waals surface area contributed by atoms with Crippen LogP contribution in [0.4, 0.5) is 0 Å². The molecule has 94 valence electrons. The fourth-order valence-electron chi connectivity index (χ4n) is 1.30. The smallest absolute Gasteiger partial charge is 0.307 e. The monoisotopic (exact) mass is 235 g/mol. The minimum atomic E-state index is -2.30. The number of hydrogen-bond acceptors (Lipinski definition) is 3. The van der Waals surface area contributed by atoms with Crippen molar-refractivity contribution in [3.8, 4) is 0 Å². The molecule has 0 saturated carbocycles. The fraction of sp³-hybridized carbons (Fsp3) is 0.818. The third kappa shape index (κ3) is 8.23. The van der Waals surface area contributed by atoms with E-state index in [0.717, 1.165) is 0 Å². The molecule has 0 spiro atoms. The first-order valence-electron chi connectivity index (χ1n) is 6.74. The topological polar surface area (TPSA) is 63.6 Å². The molecule has 0 aromatic carbocycles. The molecule has 0 bridgehead atoms. The molecule has 0 aliphatic rings. The van der Waals surface area contributed by atoms with E-state index in [4.69, 9.17) is 14.0 Å². The van der Waals surface area contributed by atoms with Crippen LogP contribution in [0.1, 0.15) is 30.3 Å². The average Bonchev–Trinajstić information content (AvgIpc) is 2.13. The molecule has 0 aliphatic heterocycles. The number of carboxylic acid groups (broad SMARTS) is 1. The molecule has 0 heterocycles. The van der Waals surface area contributed by atoms with Gasteiger partial charge in [0.2, 0.25) is 0 Å². The lowest BCUT2D eigenvalue weighted by atomic mass is 10.2. The van der Waals surface area contributed by atoms with Gasteiger partial charge in [-0.25, -0.2) is 0 Å². The molecule has 0 aromatic rings. The molecular weight excluding hydrogens is 210 g/mol. The molecule has 0 saturated heterocycles. The zero-order valence-electron chi connectivity index (χ0n) is 13.0. The molecule has 0 unspecified atom stereocenters. The summed E-state index contributed by atoms with van der Waals surface area (Å²) in [5.74, 6) is -1.63. The van der Waals surface area contributed by atoms with Crippen molar-refractivity contribution in [3.05, 3.63) is 0 Å². The van der Waals surface area contributed by atoms with Gasteiger partial charge in [-0.15, -0.1) is 0 Å². The number of quaternary nitrogens is 1. The summed E-state index contributed by atoms with van der Waals surface area (Å²) in [6.07, 6.45) is -0.548. The lowest BCUT2D eigenvalue weighted by Gasteiger charge is -2.28. The molecule has 0 fully saturated rings. The minimum Gasteiger partial charge on any atom is -0.481 e. The molecule has 1 atom stereocenters. The number of hydrogen-bond donors (Lipinski definition) is 1. The van der Waals surface area contributed by atoms with E-state index >= 15 is 0 Å². The van der Waals surface area contributed by atoms with Gasteiger partial charge in [0.05, 0.1) is 31.6 Å². The standard InChI is InChI=1S/C11H21NO4/c1-5-6-11(15)16-9(7-10(13)14)8-12(2,3)4/h9H,5-8H2,1-4H3/p+1/t9-/m1/s1/i2D3. The SMILES string of the molecule is [2H]C([2H])([2H])[N+](C)(C)C[C@@H](CC(=O)O)OC(=O)CCC. The Kier molecular flexibility index (Phi) is 4.08. The maximum Gasteiger partial charge on any atom is 0.307 e. The molecule has 16 heavy (non-hydrogen) atoms. The van der Waals surface area contributed by atoms with Gasteiger partial charge in [0.25, 0.3) is 0 Å². The van der Waals surface area contributed by atoms with E-state index in [0.29, 0.717) is 6.42 Å². The van der Waals surface area contributed by atoms with Crippen LogP contribution in [0.25, 0.3) is 0 Å². The predicted octanol–water partition coefficient (Wildman–Crippen LogP) is 0.879. The molecule has 0 radical (unpaired) electrons. The first-order chi connectivity index (χ1) is 8.49. The van der Waals surface area contributed by atoms with Gasteiger partial charge in [-0.3, -0.25) is 9.59 Å². The first-order valence-corrected chi connectivity index (χ1v) is 5.24. The molecule has 0 aromatic heterocycles. The van der Waals surface area contributed by atoms with E-state index < -0.39 is 35.9 Å². The number of ether oxygens (including phenoxy) is 1. The molecule has 5 heteroatoms. The quantitative estimate of drug-likeness (QED) is 0.525. The van der Waals surface area contributed by atoms with Crippen LogP contribution in [0.5, 0.6) is 0 Å². The number of esters is 1. The van der Waals surface area contributed by atoms with Crippen molar-refractivity contribution in [1.82, 2.24) is 0 Å². The van der Waals surface area contributed by atoms with E-state index in [2.05, 4.69) is 0 Å². The highest BCUT2D eigenvalue weighted by Crippen LogP contribution is 2.07. The van der Waals surface area contributed by atoms with Crippen molar-refractivity contribution in [2.24, 2.45) is 0 Å². The van der Waals surface area contributed by atoms with E-state index in [1.54, 1.807) is 6.92 Å². The number of rotatable bonds is 7. The minimum absolute atomic E-state index is 0.0712. The lowest BCUT2D eigenvalue weighted by molar-refractivity contribution is -0.873. The Morgan fingerprint density at radius 2 is 2.12 bits per heavy atom. The second kappa shape index (κ2) is 6.48. The van der Waals surface area contributed by atoms with E-state index in [-0.39, 0.29) is 13.0 Å². The van der Waals surface area contributed by atoms with Crippen LogP contribution < -0.4 is 0 Å². The van der Waals surface area contributed by atoms with Gasteiger partial charge >= 0.3 is 11.9 Å². The van der Waals surface area contributed by atoms with Gasteiger partial charge in [0.15, 0.2) is 6.10 Å². The number of nitrogens with zero attached hydrogens (tertiary/aromatic N) is 1. The summed E-state index contributed by atoms with van der Waals surface area (Å²) in [6, 6.07) is 0. The molecule has 0 aliphatic carbocycles. The van der Waals surface area contributed by atoms with Crippen molar-refractivity contribution < 1.29 is 28.0 Å². The van der Waals surface area contributed by atoms with Gasteiger partial charge in [0, 0.05) is 6.42 Å². The number of likely N-dealkylation sites (N-methyl/N-ethyl adjacent to an activating group) is 1. The number of carboxylic acids is 1. The zero-order valence-corrected chi connectivity index (χ0v) is 10.0. The Labute approximate surface area is 101 Å². The maximum absolute atomic E-state index is 11.4. The van der Waals surface area contributed by atoms with Crippen LogP contribution in [0.3, 0.4) is 0 Å². The molecular formula is C11H22NO4+. The van der Waals surface area contributed by atoms with E-state index in [1.165, 1.54) is 14.1 Å². The maximum atomic E-state index is 11.4. The fourth-order valence-corrected chi connectivity index (χ4v) is 1.30. The Hall–Kier alpha value is -1.10. The summed E-state index contributed by atoms with van der Waals surface area (Å²) >= 11 is 0. The van der Waals surface area contributed by atoms with Gasteiger partial charge in [-0.2, -0.15) is 0 Å². The number of carbonyl (C=O) groups is 2. The van der Waals surface area contributed by atoms with Crippen molar-refractivity contribution >= 4 is 11.9 Å². The third-order valence-corrected chi connectivity index (χ3v) is 1.81.